The van der Waals surface area contributed by atoms with Gasteiger partial charge in [-0.25, -0.2) is 4.79 Å². The van der Waals surface area contributed by atoms with E-state index >= 15 is 0 Å². The van der Waals surface area contributed by atoms with Crippen LogP contribution in [-0.2, 0) is 9.53 Å². The number of rotatable bonds is 2. The lowest BCUT2D eigenvalue weighted by Crippen LogP contribution is -2.19. The third kappa shape index (κ3) is 1.76. The minimum absolute atomic E-state index is 0.00873. The summed E-state index contributed by atoms with van der Waals surface area (Å²) >= 11 is 11.3. The van der Waals surface area contributed by atoms with E-state index in [2.05, 4.69) is 0 Å². The second-order valence-corrected chi connectivity index (χ2v) is 3.73. The number of esters is 1. The number of ether oxygens (including phenoxy) is 1. The lowest BCUT2D eigenvalue weighted by Gasteiger charge is -2.15. The molecule has 0 radical (unpaired) electrons. The molecule has 2 atom stereocenters. The second-order valence-electron chi connectivity index (χ2n) is 2.95. The molecule has 0 fully saturated rings. The number of aliphatic hydroxyl groups is 1. The molecule has 15 heavy (non-hydrogen) atoms. The van der Waals surface area contributed by atoms with Gasteiger partial charge in [-0.1, -0.05) is 23.2 Å². The summed E-state index contributed by atoms with van der Waals surface area (Å²) in [7, 11) is 0. The zero-order valence-corrected chi connectivity index (χ0v) is 8.83. The lowest BCUT2D eigenvalue weighted by atomic mass is 10.1. The van der Waals surface area contributed by atoms with E-state index in [1.165, 1.54) is 6.26 Å². The molecular formula is C9H6Cl2O4. The van der Waals surface area contributed by atoms with Crippen LogP contribution < -0.4 is 0 Å². The van der Waals surface area contributed by atoms with Gasteiger partial charge in [0.15, 0.2) is 12.2 Å². The summed E-state index contributed by atoms with van der Waals surface area (Å²) in [4.78, 5) is 11.0. The summed E-state index contributed by atoms with van der Waals surface area (Å²) < 4.78 is 9.75. The molecule has 1 aliphatic heterocycles. The highest BCUT2D eigenvalue weighted by atomic mass is 35.5. The van der Waals surface area contributed by atoms with Gasteiger partial charge in [-0.05, 0) is 12.1 Å². The molecule has 0 saturated carbocycles. The molecule has 0 saturated heterocycles. The van der Waals surface area contributed by atoms with Gasteiger partial charge in [0.25, 0.3) is 0 Å². The topological polar surface area (TPSA) is 59.7 Å². The summed E-state index contributed by atoms with van der Waals surface area (Å²) in [6.07, 6.45) is -0.736. The lowest BCUT2D eigenvalue weighted by molar-refractivity contribution is -0.143. The van der Waals surface area contributed by atoms with Gasteiger partial charge in [0.2, 0.25) is 0 Å². The third-order valence-electron chi connectivity index (χ3n) is 1.99. The zero-order valence-electron chi connectivity index (χ0n) is 7.31. The molecule has 0 spiro atoms. The van der Waals surface area contributed by atoms with Gasteiger partial charge in [0.1, 0.15) is 10.8 Å². The molecule has 0 unspecified atom stereocenters. The van der Waals surface area contributed by atoms with Gasteiger partial charge >= 0.3 is 5.97 Å². The molecule has 0 aromatic carbocycles. The monoisotopic (exact) mass is 248 g/mol. The van der Waals surface area contributed by atoms with E-state index in [0.29, 0.717) is 0 Å². The van der Waals surface area contributed by atoms with E-state index < -0.39 is 18.2 Å². The molecule has 0 aliphatic carbocycles. The van der Waals surface area contributed by atoms with Crippen LogP contribution in [0.15, 0.2) is 32.9 Å². The summed E-state index contributed by atoms with van der Waals surface area (Å²) in [5.41, 5.74) is 0. The molecule has 2 heterocycles. The van der Waals surface area contributed by atoms with Crippen molar-refractivity contribution >= 4 is 29.2 Å². The van der Waals surface area contributed by atoms with Crippen molar-refractivity contribution in [3.8, 4) is 0 Å². The van der Waals surface area contributed by atoms with E-state index in [4.69, 9.17) is 32.4 Å². The number of carbonyl (C=O) groups excluding carboxylic acids is 1. The Bertz CT molecular complexity index is 410. The first kappa shape index (κ1) is 10.5. The van der Waals surface area contributed by atoms with Crippen molar-refractivity contribution in [1.82, 2.24) is 0 Å². The second kappa shape index (κ2) is 3.89. The summed E-state index contributed by atoms with van der Waals surface area (Å²) in [5.74, 6) is -0.477. The van der Waals surface area contributed by atoms with Crippen LogP contribution in [0.3, 0.4) is 0 Å². The van der Waals surface area contributed by atoms with Gasteiger partial charge in [-0.2, -0.15) is 0 Å². The molecule has 1 aromatic rings. The van der Waals surface area contributed by atoms with Gasteiger partial charge in [-0.3, -0.25) is 0 Å². The van der Waals surface area contributed by atoms with Crippen molar-refractivity contribution in [2.45, 2.75) is 12.2 Å². The Labute approximate surface area is 95.0 Å². The van der Waals surface area contributed by atoms with Crippen LogP contribution in [0.4, 0.5) is 0 Å². The van der Waals surface area contributed by atoms with E-state index in [9.17, 15) is 9.90 Å². The van der Waals surface area contributed by atoms with Crippen LogP contribution in [0.25, 0.3) is 0 Å². The maximum absolute atomic E-state index is 11.0. The first-order valence-electron chi connectivity index (χ1n) is 4.09. The Morgan fingerprint density at radius 3 is 2.67 bits per heavy atom. The predicted octanol–water partition coefficient (Wildman–Crippen LogP) is 1.93. The fourth-order valence-electron chi connectivity index (χ4n) is 1.25. The largest absolute Gasteiger partial charge is 0.466 e. The van der Waals surface area contributed by atoms with Crippen LogP contribution in [0.2, 0.25) is 0 Å². The highest BCUT2D eigenvalue weighted by molar-refractivity contribution is 6.48. The fourth-order valence-corrected chi connectivity index (χ4v) is 1.65. The highest BCUT2D eigenvalue weighted by Crippen LogP contribution is 2.35. The van der Waals surface area contributed by atoms with Crippen molar-refractivity contribution in [2.24, 2.45) is 0 Å². The molecule has 6 heteroatoms. The van der Waals surface area contributed by atoms with Crippen molar-refractivity contribution in [3.05, 3.63) is 34.2 Å². The van der Waals surface area contributed by atoms with Crippen molar-refractivity contribution in [3.63, 3.8) is 0 Å². The van der Waals surface area contributed by atoms with Crippen LogP contribution in [0.5, 0.6) is 0 Å². The van der Waals surface area contributed by atoms with Gasteiger partial charge < -0.3 is 14.3 Å². The number of halogens is 2. The first-order valence-corrected chi connectivity index (χ1v) is 4.84. The Kier molecular flexibility index (Phi) is 2.73. The molecule has 0 amide bonds. The van der Waals surface area contributed by atoms with Crippen molar-refractivity contribution in [2.75, 3.05) is 0 Å². The number of furan rings is 1. The Morgan fingerprint density at radius 2 is 2.20 bits per heavy atom. The summed E-state index contributed by atoms with van der Waals surface area (Å²) in [5, 5.41) is 9.56. The van der Waals surface area contributed by atoms with Crippen molar-refractivity contribution < 1.29 is 19.1 Å². The van der Waals surface area contributed by atoms with Crippen LogP contribution in [0, 0.1) is 0 Å². The maximum Gasteiger partial charge on any atom is 0.351 e. The zero-order chi connectivity index (χ0) is 11.0. The van der Waals surface area contributed by atoms with Gasteiger partial charge in [0, 0.05) is 0 Å². The minimum atomic E-state index is -1.15. The number of cyclic esters (lactones) is 1. The quantitative estimate of drug-likeness (QED) is 0.813. The van der Waals surface area contributed by atoms with Crippen LogP contribution >= 0.6 is 23.2 Å². The van der Waals surface area contributed by atoms with Gasteiger partial charge in [-0.15, -0.1) is 0 Å². The Hall–Kier alpha value is -0.970. The molecule has 1 aliphatic rings. The van der Waals surface area contributed by atoms with E-state index in [1.807, 2.05) is 0 Å². The normalized spacial score (nSPS) is 23.1. The standard InChI is InChI=1S/C9H6Cl2O4/c10-5-6(11)9(13)15-8(5)7(12)4-2-1-3-14-4/h1-3,7-8,12H/t7-,8+/m1/s1. The third-order valence-corrected chi connectivity index (χ3v) is 2.85. The Morgan fingerprint density at radius 1 is 1.47 bits per heavy atom. The van der Waals surface area contributed by atoms with Crippen molar-refractivity contribution in [1.29, 1.82) is 0 Å². The average molecular weight is 249 g/mol. The predicted molar refractivity (Wildman–Crippen MR) is 52.3 cm³/mol. The number of aliphatic hydroxyl groups excluding tert-OH is 1. The number of hydrogen-bond acceptors (Lipinski definition) is 4. The number of hydrogen-bond donors (Lipinski definition) is 1. The number of carbonyl (C=O) groups is 1. The molecular weight excluding hydrogens is 243 g/mol. The molecule has 80 valence electrons. The summed E-state index contributed by atoms with van der Waals surface area (Å²) in [6, 6.07) is 3.16. The SMILES string of the molecule is O=C1O[C@H]([C@H](O)c2ccco2)C(Cl)=C1Cl. The molecule has 1 aromatic heterocycles. The van der Waals surface area contributed by atoms with Gasteiger partial charge in [0.05, 0.1) is 11.3 Å². The molecule has 4 nitrogen and oxygen atoms in total. The van der Waals surface area contributed by atoms with Crippen LogP contribution in [-0.4, -0.2) is 17.2 Å². The molecule has 2 rings (SSSR count). The maximum atomic E-state index is 11.0. The van der Waals surface area contributed by atoms with E-state index in [0.717, 1.165) is 0 Å². The van der Waals surface area contributed by atoms with Crippen LogP contribution in [0.1, 0.15) is 11.9 Å². The van der Waals surface area contributed by atoms with E-state index in [1.54, 1.807) is 12.1 Å². The molecule has 1 N–H and O–H groups in total. The van der Waals surface area contributed by atoms with E-state index in [-0.39, 0.29) is 15.8 Å². The first-order chi connectivity index (χ1) is 7.11. The summed E-state index contributed by atoms with van der Waals surface area (Å²) in [6.45, 7) is 0. The minimum Gasteiger partial charge on any atom is -0.466 e. The Balaban J connectivity index is 2.24. The fraction of sp³-hybridized carbons (Fsp3) is 0.222. The molecule has 0 bridgehead atoms. The smallest absolute Gasteiger partial charge is 0.351 e. The highest BCUT2D eigenvalue weighted by Gasteiger charge is 2.38. The average Bonchev–Trinajstić information content (AvgIpc) is 2.82.